The van der Waals surface area contributed by atoms with E-state index in [1.807, 2.05) is 49.5 Å². The van der Waals surface area contributed by atoms with E-state index in [2.05, 4.69) is 20.8 Å². The largest absolute Gasteiger partial charge is 0.455 e. The van der Waals surface area contributed by atoms with Crippen molar-refractivity contribution in [1.82, 2.24) is 15.5 Å². The van der Waals surface area contributed by atoms with E-state index in [1.54, 1.807) is 12.1 Å². The summed E-state index contributed by atoms with van der Waals surface area (Å²) < 4.78 is 5.87. The normalized spacial score (nSPS) is 15.3. The van der Waals surface area contributed by atoms with Crippen LogP contribution in [0.5, 0.6) is 11.5 Å². The molecule has 7 nitrogen and oxygen atoms in total. The first-order chi connectivity index (χ1) is 14.1. The van der Waals surface area contributed by atoms with Crippen LogP contribution in [-0.2, 0) is 22.4 Å². The minimum atomic E-state index is -0.719. The molecule has 3 N–H and O–H groups in total. The van der Waals surface area contributed by atoms with Gasteiger partial charge >= 0.3 is 11.8 Å². The van der Waals surface area contributed by atoms with Gasteiger partial charge in [0.2, 0.25) is 0 Å². The van der Waals surface area contributed by atoms with Crippen LogP contribution in [0.15, 0.2) is 54.7 Å². The van der Waals surface area contributed by atoms with Gasteiger partial charge in [0, 0.05) is 18.2 Å². The summed E-state index contributed by atoms with van der Waals surface area (Å²) >= 11 is 0. The molecule has 0 saturated carbocycles. The smallest absolute Gasteiger partial charge is 0.313 e. The Morgan fingerprint density at radius 1 is 1.14 bits per heavy atom. The minimum absolute atomic E-state index is 0.0984. The van der Waals surface area contributed by atoms with Gasteiger partial charge in [0.1, 0.15) is 5.75 Å². The van der Waals surface area contributed by atoms with Gasteiger partial charge in [-0.1, -0.05) is 24.3 Å². The van der Waals surface area contributed by atoms with E-state index in [0.717, 1.165) is 24.1 Å². The summed E-state index contributed by atoms with van der Waals surface area (Å²) in [7, 11) is 0. The van der Waals surface area contributed by atoms with Crippen LogP contribution in [0.3, 0.4) is 0 Å². The molecule has 148 valence electrons. The third-order valence-electron chi connectivity index (χ3n) is 4.92. The molecule has 2 amide bonds. The number of nitrogens with zero attached hydrogens (tertiary/aromatic N) is 1. The summed E-state index contributed by atoms with van der Waals surface area (Å²) in [4.78, 5) is 24.9. The van der Waals surface area contributed by atoms with Gasteiger partial charge in [0.15, 0.2) is 5.75 Å². The summed E-state index contributed by atoms with van der Waals surface area (Å²) in [5, 5.41) is 12.5. The number of para-hydroxylation sites is 1. The monoisotopic (exact) mass is 390 g/mol. The second-order valence-electron chi connectivity index (χ2n) is 7.16. The van der Waals surface area contributed by atoms with Gasteiger partial charge in [0.05, 0.1) is 11.9 Å². The molecule has 1 atom stereocenters. The lowest BCUT2D eigenvalue weighted by molar-refractivity contribution is -0.136. The van der Waals surface area contributed by atoms with Crippen molar-refractivity contribution in [2.75, 3.05) is 5.32 Å². The second-order valence-corrected chi connectivity index (χ2v) is 7.16. The van der Waals surface area contributed by atoms with Gasteiger partial charge in [-0.2, -0.15) is 5.10 Å². The highest BCUT2D eigenvalue weighted by Gasteiger charge is 2.24. The van der Waals surface area contributed by atoms with Crippen molar-refractivity contribution < 1.29 is 14.3 Å². The molecule has 0 aliphatic heterocycles. The predicted molar refractivity (Wildman–Crippen MR) is 109 cm³/mol. The highest BCUT2D eigenvalue weighted by Crippen LogP contribution is 2.30. The third kappa shape index (κ3) is 4.45. The van der Waals surface area contributed by atoms with Gasteiger partial charge in [-0.25, -0.2) is 0 Å². The molecule has 0 fully saturated rings. The van der Waals surface area contributed by atoms with Crippen LogP contribution in [0.1, 0.15) is 23.2 Å². The van der Waals surface area contributed by atoms with E-state index in [-0.39, 0.29) is 6.04 Å². The number of amides is 2. The van der Waals surface area contributed by atoms with Crippen LogP contribution in [0.2, 0.25) is 0 Å². The molecule has 3 aromatic rings. The van der Waals surface area contributed by atoms with Crippen molar-refractivity contribution in [1.29, 1.82) is 0 Å². The number of rotatable bonds is 4. The van der Waals surface area contributed by atoms with E-state index in [4.69, 9.17) is 4.74 Å². The molecule has 0 saturated heterocycles. The molecular weight excluding hydrogens is 368 g/mol. The van der Waals surface area contributed by atoms with Crippen molar-refractivity contribution in [2.45, 2.75) is 32.2 Å². The van der Waals surface area contributed by atoms with E-state index < -0.39 is 11.8 Å². The minimum Gasteiger partial charge on any atom is -0.455 e. The average molecular weight is 390 g/mol. The topological polar surface area (TPSA) is 96.1 Å². The number of ether oxygens (including phenoxy) is 1. The maximum atomic E-state index is 12.5. The molecule has 1 heterocycles. The molecule has 1 aliphatic carbocycles. The SMILES string of the molecule is Cc1ccc(Oc2ccccc2)c(NC(=O)C(=O)N[C@@H]2CCc3cn[nH]c3C2)c1. The molecule has 0 unspecified atom stereocenters. The van der Waals surface area contributed by atoms with Crippen LogP contribution in [0.4, 0.5) is 5.69 Å². The number of hydrogen-bond donors (Lipinski definition) is 3. The van der Waals surface area contributed by atoms with Gasteiger partial charge in [0.25, 0.3) is 0 Å². The van der Waals surface area contributed by atoms with Crippen molar-refractivity contribution in [3.8, 4) is 11.5 Å². The maximum Gasteiger partial charge on any atom is 0.313 e. The van der Waals surface area contributed by atoms with E-state index in [0.29, 0.717) is 23.6 Å². The molecule has 0 bridgehead atoms. The number of H-pyrrole nitrogens is 1. The van der Waals surface area contributed by atoms with Crippen molar-refractivity contribution in [3.63, 3.8) is 0 Å². The first-order valence-electron chi connectivity index (χ1n) is 9.55. The summed E-state index contributed by atoms with van der Waals surface area (Å²) in [6, 6.07) is 14.6. The predicted octanol–water partition coefficient (Wildman–Crippen LogP) is 3.12. The van der Waals surface area contributed by atoms with E-state index >= 15 is 0 Å². The zero-order valence-corrected chi connectivity index (χ0v) is 16.1. The molecule has 1 aliphatic rings. The highest BCUT2D eigenvalue weighted by atomic mass is 16.5. The zero-order chi connectivity index (χ0) is 20.2. The second kappa shape index (κ2) is 8.18. The molecule has 2 aromatic carbocycles. The quantitative estimate of drug-likeness (QED) is 0.597. The summed E-state index contributed by atoms with van der Waals surface area (Å²) in [5.74, 6) is -0.259. The first kappa shape index (κ1) is 18.7. The lowest BCUT2D eigenvalue weighted by Gasteiger charge is -2.22. The maximum absolute atomic E-state index is 12.5. The number of carbonyl (C=O) groups is 2. The van der Waals surface area contributed by atoms with Crippen molar-refractivity contribution >= 4 is 17.5 Å². The number of fused-ring (bicyclic) bond motifs is 1. The number of aromatic nitrogens is 2. The van der Waals surface area contributed by atoms with Crippen LogP contribution in [0, 0.1) is 6.92 Å². The molecule has 4 rings (SSSR count). The number of benzene rings is 2. The standard InChI is InChI=1S/C22H22N4O3/c1-14-7-10-20(29-17-5-3-2-4-6-17)19(11-14)25-22(28)21(27)24-16-9-8-15-13-23-26-18(15)12-16/h2-7,10-11,13,16H,8-9,12H2,1H3,(H,23,26)(H,24,27)(H,25,28)/t16-/m1/s1. The molecular formula is C22H22N4O3. The lowest BCUT2D eigenvalue weighted by Crippen LogP contribution is -2.44. The fraction of sp³-hybridized carbons (Fsp3) is 0.227. The van der Waals surface area contributed by atoms with Crippen molar-refractivity contribution in [2.24, 2.45) is 0 Å². The molecule has 29 heavy (non-hydrogen) atoms. The molecule has 7 heteroatoms. The molecule has 1 aromatic heterocycles. The Morgan fingerprint density at radius 3 is 2.79 bits per heavy atom. The van der Waals surface area contributed by atoms with Crippen molar-refractivity contribution in [3.05, 3.63) is 71.5 Å². The van der Waals surface area contributed by atoms with E-state index in [9.17, 15) is 9.59 Å². The van der Waals surface area contributed by atoms with Crippen LogP contribution in [-0.4, -0.2) is 28.1 Å². The Hall–Kier alpha value is -3.61. The Bertz CT molecular complexity index is 1030. The zero-order valence-electron chi connectivity index (χ0n) is 16.1. The fourth-order valence-corrected chi connectivity index (χ4v) is 3.41. The number of anilines is 1. The lowest BCUT2D eigenvalue weighted by atomic mass is 9.94. The van der Waals surface area contributed by atoms with Gasteiger partial charge in [-0.15, -0.1) is 0 Å². The Labute approximate surface area is 168 Å². The molecule has 0 radical (unpaired) electrons. The van der Waals surface area contributed by atoms with Crippen LogP contribution < -0.4 is 15.4 Å². The number of aryl methyl sites for hydroxylation is 2. The fourth-order valence-electron chi connectivity index (χ4n) is 3.41. The third-order valence-corrected chi connectivity index (χ3v) is 4.92. The Balaban J connectivity index is 1.42. The average Bonchev–Trinajstić information content (AvgIpc) is 3.18. The summed E-state index contributed by atoms with van der Waals surface area (Å²) in [5.41, 5.74) is 3.58. The summed E-state index contributed by atoms with van der Waals surface area (Å²) in [6.45, 7) is 1.91. The van der Waals surface area contributed by atoms with Crippen LogP contribution >= 0.6 is 0 Å². The van der Waals surface area contributed by atoms with Gasteiger partial charge < -0.3 is 15.4 Å². The number of hydrogen-bond acceptors (Lipinski definition) is 4. The van der Waals surface area contributed by atoms with Gasteiger partial charge in [-0.05, 0) is 55.2 Å². The summed E-state index contributed by atoms with van der Waals surface area (Å²) in [6.07, 6.45) is 4.05. The molecule has 0 spiro atoms. The number of nitrogens with one attached hydrogen (secondary N) is 3. The Morgan fingerprint density at radius 2 is 1.97 bits per heavy atom. The number of aromatic amines is 1. The number of carbonyl (C=O) groups excluding carboxylic acids is 2. The van der Waals surface area contributed by atoms with Gasteiger partial charge in [-0.3, -0.25) is 14.7 Å². The van der Waals surface area contributed by atoms with E-state index in [1.165, 1.54) is 5.56 Å². The first-order valence-corrected chi connectivity index (χ1v) is 9.55. The Kier molecular flexibility index (Phi) is 5.29. The highest BCUT2D eigenvalue weighted by molar-refractivity contribution is 6.39. The van der Waals surface area contributed by atoms with Crippen LogP contribution in [0.25, 0.3) is 0 Å².